The number of quaternary nitrogens is 1. The number of hydrogen-bond donors (Lipinski definition) is 1. The lowest BCUT2D eigenvalue weighted by Gasteiger charge is -2.19. The summed E-state index contributed by atoms with van der Waals surface area (Å²) < 4.78 is 2.43. The van der Waals surface area contributed by atoms with Crippen molar-refractivity contribution in [3.05, 3.63) is 48.0 Å². The van der Waals surface area contributed by atoms with Gasteiger partial charge in [0.2, 0.25) is 0 Å². The molecule has 1 aliphatic rings. The Morgan fingerprint density at radius 3 is 2.57 bits per heavy atom. The molecule has 2 aromatic carbocycles. The van der Waals surface area contributed by atoms with E-state index in [9.17, 15) is 0 Å². The van der Waals surface area contributed by atoms with Gasteiger partial charge in [-0.2, -0.15) is 0 Å². The molecule has 0 unspecified atom stereocenters. The summed E-state index contributed by atoms with van der Waals surface area (Å²) >= 11 is 0. The average molecular weight is 307 g/mol. The summed E-state index contributed by atoms with van der Waals surface area (Å²) in [6.07, 6.45) is 7.08. The minimum atomic E-state index is 0.844. The largest absolute Gasteiger partial charge is 0.341 e. The van der Waals surface area contributed by atoms with Crippen LogP contribution in [-0.2, 0) is 13.1 Å². The average Bonchev–Trinajstić information content (AvgIpc) is 2.94. The summed E-state index contributed by atoms with van der Waals surface area (Å²) in [5.74, 6) is 0. The molecule has 1 aromatic heterocycles. The van der Waals surface area contributed by atoms with Crippen molar-refractivity contribution in [2.24, 2.45) is 0 Å². The molecule has 3 aromatic rings. The standard InChI is InChI=1S/C21H26N2/c1-2-23-20-11-7-6-10-18(20)19-14-16(12-13-21(19)23)15-22-17-8-4-3-5-9-17/h6-7,10-14,17,22H,2-5,8-9,15H2,1H3/p+1. The van der Waals surface area contributed by atoms with Crippen LogP contribution >= 0.6 is 0 Å². The zero-order valence-corrected chi connectivity index (χ0v) is 14.1. The van der Waals surface area contributed by atoms with E-state index in [4.69, 9.17) is 0 Å². The van der Waals surface area contributed by atoms with Gasteiger partial charge in [0.1, 0.15) is 6.54 Å². The first-order chi connectivity index (χ1) is 11.4. The highest BCUT2D eigenvalue weighted by Crippen LogP contribution is 2.29. The van der Waals surface area contributed by atoms with Gasteiger partial charge in [-0.15, -0.1) is 0 Å². The van der Waals surface area contributed by atoms with Gasteiger partial charge in [0.05, 0.1) is 6.04 Å². The number of nitrogens with zero attached hydrogens (tertiary/aromatic N) is 1. The zero-order chi connectivity index (χ0) is 15.6. The molecule has 4 rings (SSSR count). The molecule has 2 heteroatoms. The number of aryl methyl sites for hydroxylation is 1. The van der Waals surface area contributed by atoms with E-state index in [2.05, 4.69) is 59.3 Å². The Bertz CT molecular complexity index is 809. The number of nitrogens with two attached hydrogens (primary N) is 1. The monoisotopic (exact) mass is 307 g/mol. The van der Waals surface area contributed by atoms with Crippen LogP contribution in [0.2, 0.25) is 0 Å². The van der Waals surface area contributed by atoms with E-state index in [1.54, 1.807) is 0 Å². The van der Waals surface area contributed by atoms with Gasteiger partial charge < -0.3 is 9.88 Å². The molecule has 2 N–H and O–H groups in total. The lowest BCUT2D eigenvalue weighted by Crippen LogP contribution is -2.88. The van der Waals surface area contributed by atoms with Crippen LogP contribution in [0, 0.1) is 0 Å². The van der Waals surface area contributed by atoms with Crippen LogP contribution in [0.4, 0.5) is 0 Å². The van der Waals surface area contributed by atoms with E-state index in [1.807, 2.05) is 0 Å². The summed E-state index contributed by atoms with van der Waals surface area (Å²) in [7, 11) is 0. The lowest BCUT2D eigenvalue weighted by molar-refractivity contribution is -0.706. The summed E-state index contributed by atoms with van der Waals surface area (Å²) in [6, 6.07) is 16.7. The van der Waals surface area contributed by atoms with Crippen molar-refractivity contribution in [3.63, 3.8) is 0 Å². The fourth-order valence-corrected chi connectivity index (χ4v) is 4.24. The van der Waals surface area contributed by atoms with Gasteiger partial charge in [-0.1, -0.05) is 30.7 Å². The first-order valence-corrected chi connectivity index (χ1v) is 9.20. The molecular weight excluding hydrogens is 280 g/mol. The van der Waals surface area contributed by atoms with Crippen LogP contribution in [0.3, 0.4) is 0 Å². The van der Waals surface area contributed by atoms with Crippen molar-refractivity contribution in [2.45, 2.75) is 58.2 Å². The lowest BCUT2D eigenvalue weighted by atomic mass is 9.95. The van der Waals surface area contributed by atoms with Crippen LogP contribution in [0.1, 0.15) is 44.6 Å². The minimum Gasteiger partial charge on any atom is -0.341 e. The molecule has 23 heavy (non-hydrogen) atoms. The molecule has 1 saturated carbocycles. The van der Waals surface area contributed by atoms with Gasteiger partial charge in [-0.05, 0) is 50.8 Å². The molecule has 0 amide bonds. The van der Waals surface area contributed by atoms with Crippen molar-refractivity contribution in [1.29, 1.82) is 0 Å². The van der Waals surface area contributed by atoms with Gasteiger partial charge in [0, 0.05) is 33.9 Å². The number of rotatable bonds is 4. The number of para-hydroxylation sites is 1. The summed E-state index contributed by atoms with van der Waals surface area (Å²) in [5, 5.41) is 5.38. The molecule has 2 nitrogen and oxygen atoms in total. The molecule has 1 heterocycles. The van der Waals surface area contributed by atoms with Crippen LogP contribution < -0.4 is 5.32 Å². The number of aromatic nitrogens is 1. The molecule has 1 aliphatic carbocycles. The molecule has 0 saturated heterocycles. The Balaban J connectivity index is 1.65. The molecule has 0 radical (unpaired) electrons. The third kappa shape index (κ3) is 2.76. The summed E-state index contributed by atoms with van der Waals surface area (Å²) in [5.41, 5.74) is 4.19. The predicted molar refractivity (Wildman–Crippen MR) is 97.6 cm³/mol. The van der Waals surface area contributed by atoms with Crippen LogP contribution in [0.15, 0.2) is 42.5 Å². The second-order valence-corrected chi connectivity index (χ2v) is 6.95. The van der Waals surface area contributed by atoms with E-state index in [1.165, 1.54) is 59.5 Å². The summed E-state index contributed by atoms with van der Waals surface area (Å²) in [4.78, 5) is 0. The van der Waals surface area contributed by atoms with Gasteiger partial charge in [-0.25, -0.2) is 0 Å². The molecule has 120 valence electrons. The number of benzene rings is 2. The van der Waals surface area contributed by atoms with Gasteiger partial charge >= 0.3 is 0 Å². The van der Waals surface area contributed by atoms with Crippen molar-refractivity contribution < 1.29 is 5.32 Å². The number of fused-ring (bicyclic) bond motifs is 3. The normalized spacial score (nSPS) is 16.4. The molecule has 1 fully saturated rings. The van der Waals surface area contributed by atoms with Gasteiger partial charge in [0.15, 0.2) is 0 Å². The fourth-order valence-electron chi connectivity index (χ4n) is 4.24. The molecule has 0 bridgehead atoms. The first-order valence-electron chi connectivity index (χ1n) is 9.20. The predicted octanol–water partition coefficient (Wildman–Crippen LogP) is 4.21. The molecule has 0 atom stereocenters. The Labute approximate surface area is 138 Å². The second-order valence-electron chi connectivity index (χ2n) is 6.95. The molecular formula is C21H27N2+. The van der Waals surface area contributed by atoms with E-state index in [0.717, 1.165) is 19.1 Å². The van der Waals surface area contributed by atoms with E-state index in [0.29, 0.717) is 0 Å². The van der Waals surface area contributed by atoms with Crippen LogP contribution in [0.5, 0.6) is 0 Å². The Hall–Kier alpha value is -1.80. The third-order valence-electron chi connectivity index (χ3n) is 5.49. The van der Waals surface area contributed by atoms with Crippen molar-refractivity contribution in [3.8, 4) is 0 Å². The SMILES string of the molecule is CCn1c2ccccc2c2cc(C[NH2+]C3CCCCC3)ccc21. The Morgan fingerprint density at radius 1 is 0.957 bits per heavy atom. The van der Waals surface area contributed by atoms with E-state index in [-0.39, 0.29) is 0 Å². The van der Waals surface area contributed by atoms with Crippen molar-refractivity contribution in [2.75, 3.05) is 0 Å². The summed E-state index contributed by atoms with van der Waals surface area (Å²) in [6.45, 7) is 4.38. The highest BCUT2D eigenvalue weighted by Gasteiger charge is 2.16. The second kappa shape index (κ2) is 6.37. The molecule has 0 aliphatic heterocycles. The quantitative estimate of drug-likeness (QED) is 0.746. The van der Waals surface area contributed by atoms with Crippen molar-refractivity contribution in [1.82, 2.24) is 4.57 Å². The van der Waals surface area contributed by atoms with Gasteiger partial charge in [-0.3, -0.25) is 0 Å². The van der Waals surface area contributed by atoms with Crippen LogP contribution in [-0.4, -0.2) is 10.6 Å². The highest BCUT2D eigenvalue weighted by atomic mass is 15.0. The Kier molecular flexibility index (Phi) is 4.09. The van der Waals surface area contributed by atoms with Crippen molar-refractivity contribution >= 4 is 21.8 Å². The van der Waals surface area contributed by atoms with Gasteiger partial charge in [0.25, 0.3) is 0 Å². The Morgan fingerprint density at radius 2 is 1.74 bits per heavy atom. The van der Waals surface area contributed by atoms with E-state index >= 15 is 0 Å². The first kappa shape index (κ1) is 14.8. The topological polar surface area (TPSA) is 21.5 Å². The third-order valence-corrected chi connectivity index (χ3v) is 5.49. The highest BCUT2D eigenvalue weighted by molar-refractivity contribution is 6.08. The minimum absolute atomic E-state index is 0.844. The maximum atomic E-state index is 2.57. The van der Waals surface area contributed by atoms with Crippen LogP contribution in [0.25, 0.3) is 21.8 Å². The maximum absolute atomic E-state index is 2.57. The number of hydrogen-bond acceptors (Lipinski definition) is 0. The van der Waals surface area contributed by atoms with E-state index < -0.39 is 0 Å². The maximum Gasteiger partial charge on any atom is 0.101 e. The fraction of sp³-hybridized carbons (Fsp3) is 0.429. The zero-order valence-electron chi connectivity index (χ0n) is 14.1. The smallest absolute Gasteiger partial charge is 0.101 e. The molecule has 0 spiro atoms.